The summed E-state index contributed by atoms with van der Waals surface area (Å²) in [6.07, 6.45) is 5.67. The van der Waals surface area contributed by atoms with Crippen LogP contribution in [0.25, 0.3) is 0 Å². The molecule has 0 amide bonds. The summed E-state index contributed by atoms with van der Waals surface area (Å²) in [6, 6.07) is 3.94. The number of furan rings is 1. The normalized spacial score (nSPS) is 19.7. The van der Waals surface area contributed by atoms with E-state index >= 15 is 0 Å². The lowest BCUT2D eigenvalue weighted by atomic mass is 10.0. The molecule has 1 aromatic rings. The van der Waals surface area contributed by atoms with E-state index in [2.05, 4.69) is 27.1 Å². The third-order valence-corrected chi connectivity index (χ3v) is 4.26. The van der Waals surface area contributed by atoms with Gasteiger partial charge in [0.2, 0.25) is 0 Å². The molecular weight excluding hydrogens is 304 g/mol. The highest BCUT2D eigenvalue weighted by Gasteiger charge is 2.26. The van der Waals surface area contributed by atoms with Gasteiger partial charge in [-0.05, 0) is 38.8 Å². The number of aliphatic imine (C=N–C) groups is 1. The summed E-state index contributed by atoms with van der Waals surface area (Å²) < 4.78 is 5.30. The van der Waals surface area contributed by atoms with Gasteiger partial charge in [-0.1, -0.05) is 6.08 Å². The van der Waals surface area contributed by atoms with Gasteiger partial charge in [-0.3, -0.25) is 4.90 Å². The van der Waals surface area contributed by atoms with Crippen molar-refractivity contribution in [3.05, 3.63) is 36.8 Å². The lowest BCUT2D eigenvalue weighted by Gasteiger charge is -2.32. The standard InChI is InChI=1S/C18H30N4O2/c1-4-10-22-11-8-15(9-12-22)21-17(19-5-2)20-14-18(3,23)16-7-6-13-24-16/h4,6-7,13,15,23H,1,5,8-12,14H2,2-3H3,(H2,19,20,21). The van der Waals surface area contributed by atoms with Gasteiger partial charge in [0.25, 0.3) is 0 Å². The van der Waals surface area contributed by atoms with Crippen LogP contribution < -0.4 is 10.6 Å². The maximum absolute atomic E-state index is 10.5. The van der Waals surface area contributed by atoms with E-state index in [1.165, 1.54) is 0 Å². The Balaban J connectivity index is 1.90. The molecule has 0 aliphatic carbocycles. The Kier molecular flexibility index (Phi) is 6.87. The summed E-state index contributed by atoms with van der Waals surface area (Å²) in [5.41, 5.74) is -1.11. The first-order valence-corrected chi connectivity index (χ1v) is 8.69. The largest absolute Gasteiger partial charge is 0.466 e. The van der Waals surface area contributed by atoms with Crippen LogP contribution in [0.15, 0.2) is 40.5 Å². The van der Waals surface area contributed by atoms with Crippen LogP contribution in [0.5, 0.6) is 0 Å². The predicted molar refractivity (Wildman–Crippen MR) is 97.1 cm³/mol. The van der Waals surface area contributed by atoms with Gasteiger partial charge in [0.15, 0.2) is 5.96 Å². The van der Waals surface area contributed by atoms with Crippen molar-refractivity contribution < 1.29 is 9.52 Å². The highest BCUT2D eigenvalue weighted by atomic mass is 16.4. The average molecular weight is 334 g/mol. The topological polar surface area (TPSA) is 73.0 Å². The zero-order valence-corrected chi connectivity index (χ0v) is 14.8. The molecule has 1 saturated heterocycles. The molecule has 0 bridgehead atoms. The molecule has 1 aromatic heterocycles. The lowest BCUT2D eigenvalue weighted by Crippen LogP contribution is -2.49. The summed E-state index contributed by atoms with van der Waals surface area (Å²) in [5, 5.41) is 17.3. The molecule has 0 radical (unpaired) electrons. The van der Waals surface area contributed by atoms with Crippen molar-refractivity contribution in [2.45, 2.75) is 38.3 Å². The molecule has 0 saturated carbocycles. The van der Waals surface area contributed by atoms with E-state index in [1.807, 2.05) is 13.0 Å². The molecule has 0 aromatic carbocycles. The van der Waals surface area contributed by atoms with Crippen molar-refractivity contribution in [1.29, 1.82) is 0 Å². The smallest absolute Gasteiger partial charge is 0.191 e. The van der Waals surface area contributed by atoms with Crippen LogP contribution in [0, 0.1) is 0 Å². The van der Waals surface area contributed by atoms with Crippen molar-refractivity contribution in [2.24, 2.45) is 4.99 Å². The van der Waals surface area contributed by atoms with Crippen LogP contribution in [0.1, 0.15) is 32.4 Å². The molecule has 2 heterocycles. The Labute approximate surface area is 144 Å². The van der Waals surface area contributed by atoms with Crippen LogP contribution in [0.3, 0.4) is 0 Å². The molecule has 134 valence electrons. The summed E-state index contributed by atoms with van der Waals surface area (Å²) in [5.74, 6) is 1.27. The Morgan fingerprint density at radius 3 is 2.88 bits per heavy atom. The van der Waals surface area contributed by atoms with Gasteiger partial charge < -0.3 is 20.2 Å². The van der Waals surface area contributed by atoms with Gasteiger partial charge in [0, 0.05) is 32.2 Å². The van der Waals surface area contributed by atoms with Crippen LogP contribution in [-0.2, 0) is 5.60 Å². The summed E-state index contributed by atoms with van der Waals surface area (Å²) in [4.78, 5) is 6.94. The number of nitrogens with one attached hydrogen (secondary N) is 2. The van der Waals surface area contributed by atoms with E-state index in [9.17, 15) is 5.11 Å². The quantitative estimate of drug-likeness (QED) is 0.402. The molecule has 1 unspecified atom stereocenters. The van der Waals surface area contributed by atoms with Gasteiger partial charge in [0.1, 0.15) is 11.4 Å². The van der Waals surface area contributed by atoms with Gasteiger partial charge in [0.05, 0.1) is 12.8 Å². The van der Waals surface area contributed by atoms with E-state index < -0.39 is 5.60 Å². The van der Waals surface area contributed by atoms with E-state index in [4.69, 9.17) is 4.42 Å². The SMILES string of the molecule is C=CCN1CCC(NC(=NCC(C)(O)c2ccco2)NCC)CC1. The number of guanidine groups is 1. The maximum Gasteiger partial charge on any atom is 0.191 e. The number of aliphatic hydroxyl groups is 1. The summed E-state index contributed by atoms with van der Waals surface area (Å²) >= 11 is 0. The number of nitrogens with zero attached hydrogens (tertiary/aromatic N) is 2. The first-order valence-electron chi connectivity index (χ1n) is 8.69. The van der Waals surface area contributed by atoms with Crippen LogP contribution in [-0.4, -0.2) is 54.7 Å². The first-order chi connectivity index (χ1) is 11.5. The van der Waals surface area contributed by atoms with Gasteiger partial charge in [-0.15, -0.1) is 6.58 Å². The molecule has 1 fully saturated rings. The second-order valence-electron chi connectivity index (χ2n) is 6.45. The maximum atomic E-state index is 10.5. The molecular formula is C18H30N4O2. The second-order valence-corrected chi connectivity index (χ2v) is 6.45. The zero-order chi connectivity index (χ0) is 17.4. The van der Waals surface area contributed by atoms with E-state index in [-0.39, 0.29) is 6.54 Å². The lowest BCUT2D eigenvalue weighted by molar-refractivity contribution is 0.0436. The molecule has 1 aliphatic rings. The van der Waals surface area contributed by atoms with Crippen molar-refractivity contribution in [3.8, 4) is 0 Å². The fraction of sp³-hybridized carbons (Fsp3) is 0.611. The highest BCUT2D eigenvalue weighted by Crippen LogP contribution is 2.21. The third-order valence-electron chi connectivity index (χ3n) is 4.26. The van der Waals surface area contributed by atoms with Gasteiger partial charge in [-0.2, -0.15) is 0 Å². The molecule has 1 atom stereocenters. The molecule has 2 rings (SSSR count). The predicted octanol–water partition coefficient (Wildman–Crippen LogP) is 1.69. The Morgan fingerprint density at radius 2 is 2.29 bits per heavy atom. The Bertz CT molecular complexity index is 517. The molecule has 0 spiro atoms. The minimum Gasteiger partial charge on any atom is -0.466 e. The fourth-order valence-corrected chi connectivity index (χ4v) is 2.85. The van der Waals surface area contributed by atoms with Crippen LogP contribution in [0.4, 0.5) is 0 Å². The number of hydrogen-bond acceptors (Lipinski definition) is 4. The van der Waals surface area contributed by atoms with Crippen LogP contribution in [0.2, 0.25) is 0 Å². The number of rotatable bonds is 7. The van der Waals surface area contributed by atoms with E-state index in [1.54, 1.807) is 25.3 Å². The van der Waals surface area contributed by atoms with Gasteiger partial charge >= 0.3 is 0 Å². The second kappa shape index (κ2) is 8.89. The monoisotopic (exact) mass is 334 g/mol. The van der Waals surface area contributed by atoms with Crippen molar-refractivity contribution in [2.75, 3.05) is 32.7 Å². The third kappa shape index (κ3) is 5.39. The Hall–Kier alpha value is -1.79. The minimum absolute atomic E-state index is 0.241. The number of piperidine rings is 1. The number of hydrogen-bond donors (Lipinski definition) is 3. The summed E-state index contributed by atoms with van der Waals surface area (Å²) in [6.45, 7) is 11.6. The molecule has 3 N–H and O–H groups in total. The zero-order valence-electron chi connectivity index (χ0n) is 14.8. The molecule has 6 heteroatoms. The highest BCUT2D eigenvalue weighted by molar-refractivity contribution is 5.80. The molecule has 24 heavy (non-hydrogen) atoms. The fourth-order valence-electron chi connectivity index (χ4n) is 2.85. The average Bonchev–Trinajstić information content (AvgIpc) is 3.10. The van der Waals surface area contributed by atoms with E-state index in [0.717, 1.165) is 45.0 Å². The van der Waals surface area contributed by atoms with Gasteiger partial charge in [-0.25, -0.2) is 4.99 Å². The number of likely N-dealkylation sites (tertiary alicyclic amines) is 1. The van der Waals surface area contributed by atoms with Crippen molar-refractivity contribution in [3.63, 3.8) is 0 Å². The van der Waals surface area contributed by atoms with Crippen molar-refractivity contribution in [1.82, 2.24) is 15.5 Å². The molecule has 1 aliphatic heterocycles. The van der Waals surface area contributed by atoms with Crippen molar-refractivity contribution >= 4 is 5.96 Å². The van der Waals surface area contributed by atoms with Crippen LogP contribution >= 0.6 is 0 Å². The Morgan fingerprint density at radius 1 is 1.54 bits per heavy atom. The van der Waals surface area contributed by atoms with E-state index in [0.29, 0.717) is 11.8 Å². The molecule has 6 nitrogen and oxygen atoms in total. The minimum atomic E-state index is -1.11. The first kappa shape index (κ1) is 18.5. The summed E-state index contributed by atoms with van der Waals surface area (Å²) in [7, 11) is 0.